The van der Waals surface area contributed by atoms with E-state index in [0.717, 1.165) is 37.1 Å². The molecule has 0 bridgehead atoms. The Bertz CT molecular complexity index is 1390. The number of anilines is 1. The molecule has 2 aliphatic rings. The number of aromatic nitrogens is 3. The van der Waals surface area contributed by atoms with E-state index >= 15 is 0 Å². The zero-order valence-electron chi connectivity index (χ0n) is 23.8. The number of benzene rings is 1. The first-order valence-electron chi connectivity index (χ1n) is 14.0. The average Bonchev–Trinajstić information content (AvgIpc) is 2.98. The summed E-state index contributed by atoms with van der Waals surface area (Å²) in [5, 5.41) is 1.04. The molecule has 12 heteroatoms. The number of esters is 1. The van der Waals surface area contributed by atoms with E-state index in [1.165, 1.54) is 7.11 Å². The number of likely N-dealkylation sites (tertiary alicyclic amines) is 1. The Kier molecular flexibility index (Phi) is 9.76. The van der Waals surface area contributed by atoms with E-state index in [9.17, 15) is 9.59 Å². The van der Waals surface area contributed by atoms with Gasteiger partial charge in [0.15, 0.2) is 5.75 Å². The lowest BCUT2D eigenvalue weighted by molar-refractivity contribution is -0.142. The minimum Gasteiger partial charge on any atom is -0.469 e. The van der Waals surface area contributed by atoms with Gasteiger partial charge in [-0.3, -0.25) is 14.5 Å². The van der Waals surface area contributed by atoms with Crippen LogP contribution in [-0.2, 0) is 20.9 Å². The Morgan fingerprint density at radius 2 is 1.60 bits per heavy atom. The lowest BCUT2D eigenvalue weighted by atomic mass is 9.93. The van der Waals surface area contributed by atoms with Crippen molar-refractivity contribution in [1.82, 2.24) is 24.8 Å². The van der Waals surface area contributed by atoms with Crippen molar-refractivity contribution in [2.45, 2.75) is 32.7 Å². The van der Waals surface area contributed by atoms with Gasteiger partial charge < -0.3 is 19.3 Å². The molecule has 0 atom stereocenters. The third-order valence-electron chi connectivity index (χ3n) is 7.66. The maximum atomic E-state index is 11.7. The van der Waals surface area contributed by atoms with Crippen LogP contribution in [0.25, 0.3) is 11.3 Å². The second-order valence-corrected chi connectivity index (χ2v) is 11.5. The van der Waals surface area contributed by atoms with Crippen molar-refractivity contribution in [1.29, 1.82) is 0 Å². The monoisotopic (exact) mass is 612 g/mol. The van der Waals surface area contributed by atoms with Crippen LogP contribution in [0.2, 0.25) is 10.0 Å². The number of halogens is 2. The quantitative estimate of drug-likeness (QED) is 0.322. The molecule has 2 saturated heterocycles. The Balaban J connectivity index is 1.31. The van der Waals surface area contributed by atoms with Gasteiger partial charge >= 0.3 is 5.97 Å². The van der Waals surface area contributed by atoms with Gasteiger partial charge in [0.1, 0.15) is 0 Å². The fourth-order valence-electron chi connectivity index (χ4n) is 5.35. The first-order valence-corrected chi connectivity index (χ1v) is 14.8. The number of ether oxygens (including phenoxy) is 2. The van der Waals surface area contributed by atoms with Crippen LogP contribution in [0, 0.1) is 5.92 Å². The van der Waals surface area contributed by atoms with Crippen molar-refractivity contribution in [2.75, 3.05) is 51.3 Å². The van der Waals surface area contributed by atoms with Gasteiger partial charge in [-0.1, -0.05) is 23.2 Å². The number of carbonyl (C=O) groups excluding carboxylic acids is 2. The number of amides is 1. The summed E-state index contributed by atoms with van der Waals surface area (Å²) in [5.41, 5.74) is 2.50. The van der Waals surface area contributed by atoms with E-state index in [2.05, 4.69) is 19.8 Å². The maximum absolute atomic E-state index is 11.7. The molecular weight excluding hydrogens is 579 g/mol. The minimum atomic E-state index is -0.151. The third kappa shape index (κ3) is 7.87. The molecule has 1 aromatic carbocycles. The summed E-state index contributed by atoms with van der Waals surface area (Å²) >= 11 is 12.6. The molecule has 0 aliphatic carbocycles. The molecule has 0 unspecified atom stereocenters. The summed E-state index contributed by atoms with van der Waals surface area (Å²) < 4.78 is 11.0. The molecule has 5 rings (SSSR count). The molecular formula is C30H34Cl2N6O4. The first kappa shape index (κ1) is 30.0. The van der Waals surface area contributed by atoms with E-state index in [1.54, 1.807) is 25.4 Å². The SMILES string of the molecule is COC(=O)CC1CCN(Cc2cc(Oc3cnc(N4CCN(C(C)=O)CC4)nc3)nc(-c3cc(Cl)cc(Cl)c3)c2)CC1. The highest BCUT2D eigenvalue weighted by atomic mass is 35.5. The van der Waals surface area contributed by atoms with Gasteiger partial charge in [0.25, 0.3) is 0 Å². The summed E-state index contributed by atoms with van der Waals surface area (Å²) in [5.74, 6) is 1.74. The van der Waals surface area contributed by atoms with E-state index in [1.807, 2.05) is 29.2 Å². The highest BCUT2D eigenvalue weighted by molar-refractivity contribution is 6.35. The van der Waals surface area contributed by atoms with Crippen molar-refractivity contribution in [2.24, 2.45) is 5.92 Å². The molecule has 0 saturated carbocycles. The van der Waals surface area contributed by atoms with Crippen LogP contribution in [-0.4, -0.2) is 83.0 Å². The van der Waals surface area contributed by atoms with Crippen LogP contribution in [0.5, 0.6) is 11.6 Å². The summed E-state index contributed by atoms with van der Waals surface area (Å²) in [6, 6.07) is 9.28. The lowest BCUT2D eigenvalue weighted by Crippen LogP contribution is -2.48. The second kappa shape index (κ2) is 13.7. The molecule has 10 nitrogen and oxygen atoms in total. The summed E-state index contributed by atoms with van der Waals surface area (Å²) in [4.78, 5) is 43.3. The van der Waals surface area contributed by atoms with Gasteiger partial charge in [-0.05, 0) is 61.7 Å². The van der Waals surface area contributed by atoms with Crippen molar-refractivity contribution >= 4 is 41.0 Å². The van der Waals surface area contributed by atoms with Gasteiger partial charge in [0.2, 0.25) is 17.7 Å². The molecule has 42 heavy (non-hydrogen) atoms. The molecule has 3 aromatic rings. The van der Waals surface area contributed by atoms with Crippen LogP contribution < -0.4 is 9.64 Å². The number of pyridine rings is 1. The van der Waals surface area contributed by atoms with E-state index in [4.69, 9.17) is 37.7 Å². The predicted octanol–water partition coefficient (Wildman–Crippen LogP) is 5.08. The number of hydrogen-bond acceptors (Lipinski definition) is 9. The number of carbonyl (C=O) groups is 2. The van der Waals surface area contributed by atoms with Crippen LogP contribution >= 0.6 is 23.2 Å². The topological polar surface area (TPSA) is 101 Å². The van der Waals surface area contributed by atoms with Gasteiger partial charge in [0.05, 0.1) is 25.2 Å². The number of hydrogen-bond donors (Lipinski definition) is 0. The summed E-state index contributed by atoms with van der Waals surface area (Å²) in [7, 11) is 1.43. The van der Waals surface area contributed by atoms with Crippen molar-refractivity contribution in [3.05, 3.63) is 58.3 Å². The van der Waals surface area contributed by atoms with E-state index < -0.39 is 0 Å². The molecule has 2 aliphatic heterocycles. The standard InChI is InChI=1S/C30H34Cl2N6O4/c1-20(39)37-7-9-38(10-8-37)30-33-17-26(18-34-30)42-28-12-22(11-27(35-28)23-14-24(31)16-25(32)15-23)19-36-5-3-21(4-6-36)13-29(40)41-2/h11-12,14-18,21H,3-10,13,19H2,1-2H3. The van der Waals surface area contributed by atoms with E-state index in [-0.39, 0.29) is 11.9 Å². The molecule has 0 N–H and O–H groups in total. The Morgan fingerprint density at radius 1 is 0.929 bits per heavy atom. The highest BCUT2D eigenvalue weighted by Gasteiger charge is 2.23. The van der Waals surface area contributed by atoms with Crippen molar-refractivity contribution in [3.63, 3.8) is 0 Å². The fourth-order valence-corrected chi connectivity index (χ4v) is 5.87. The predicted molar refractivity (Wildman–Crippen MR) is 161 cm³/mol. The van der Waals surface area contributed by atoms with Crippen LogP contribution in [0.15, 0.2) is 42.7 Å². The van der Waals surface area contributed by atoms with Crippen LogP contribution in [0.3, 0.4) is 0 Å². The smallest absolute Gasteiger partial charge is 0.305 e. The number of rotatable bonds is 8. The lowest BCUT2D eigenvalue weighted by Gasteiger charge is -2.34. The maximum Gasteiger partial charge on any atom is 0.305 e. The highest BCUT2D eigenvalue weighted by Crippen LogP contribution is 2.31. The Morgan fingerprint density at radius 3 is 2.21 bits per heavy atom. The molecule has 222 valence electrons. The molecule has 0 spiro atoms. The zero-order valence-corrected chi connectivity index (χ0v) is 25.3. The van der Waals surface area contributed by atoms with Gasteiger partial charge in [-0.15, -0.1) is 0 Å². The molecule has 4 heterocycles. The molecule has 2 fully saturated rings. The van der Waals surface area contributed by atoms with Gasteiger partial charge in [0, 0.05) is 67.7 Å². The minimum absolute atomic E-state index is 0.0801. The Labute approximate surface area is 255 Å². The van der Waals surface area contributed by atoms with E-state index in [0.29, 0.717) is 78.4 Å². The average molecular weight is 614 g/mol. The van der Waals surface area contributed by atoms with Gasteiger partial charge in [-0.2, -0.15) is 0 Å². The molecule has 0 radical (unpaired) electrons. The molecule has 1 amide bonds. The second-order valence-electron chi connectivity index (χ2n) is 10.7. The number of piperazine rings is 1. The number of nitrogens with zero attached hydrogens (tertiary/aromatic N) is 6. The zero-order chi connectivity index (χ0) is 29.6. The summed E-state index contributed by atoms with van der Waals surface area (Å²) in [6.45, 7) is 6.70. The summed E-state index contributed by atoms with van der Waals surface area (Å²) in [6.07, 6.45) is 5.61. The first-order chi connectivity index (χ1) is 20.2. The third-order valence-corrected chi connectivity index (χ3v) is 8.10. The fraction of sp³-hybridized carbons (Fsp3) is 0.433. The van der Waals surface area contributed by atoms with Gasteiger partial charge in [-0.25, -0.2) is 15.0 Å². The van der Waals surface area contributed by atoms with Crippen molar-refractivity contribution < 1.29 is 19.1 Å². The Hall–Kier alpha value is -3.47. The van der Waals surface area contributed by atoms with Crippen molar-refractivity contribution in [3.8, 4) is 22.9 Å². The van der Waals surface area contributed by atoms with Crippen LogP contribution in [0.1, 0.15) is 31.7 Å². The van der Waals surface area contributed by atoms with Crippen LogP contribution in [0.4, 0.5) is 5.95 Å². The normalized spacial score (nSPS) is 16.4. The molecule has 2 aromatic heterocycles. The number of piperidine rings is 1. The largest absolute Gasteiger partial charge is 0.469 e. The number of methoxy groups -OCH3 is 1.